The van der Waals surface area contributed by atoms with Crippen molar-refractivity contribution in [3.63, 3.8) is 0 Å². The summed E-state index contributed by atoms with van der Waals surface area (Å²) < 4.78 is 0. The lowest BCUT2D eigenvalue weighted by Crippen LogP contribution is -2.36. The molecule has 2 aromatic carbocycles. The summed E-state index contributed by atoms with van der Waals surface area (Å²) >= 11 is 0. The van der Waals surface area contributed by atoms with Crippen LogP contribution in [0.15, 0.2) is 48.5 Å². The molecule has 2 heterocycles. The normalized spacial score (nSPS) is 20.3. The summed E-state index contributed by atoms with van der Waals surface area (Å²) in [5.41, 5.74) is 5.09. The van der Waals surface area contributed by atoms with Crippen LogP contribution in [0.5, 0.6) is 0 Å². The molecule has 2 amide bonds. The minimum absolute atomic E-state index is 0.0654. The SMILES string of the molecule is CN1CCC(C2C(=O)N(Cc3ccc(C(=O)NO)cc3)c3ccccc32)CC1. The third-order valence-electron chi connectivity index (χ3n) is 5.99. The second-order valence-electron chi connectivity index (χ2n) is 7.74. The fraction of sp³-hybridized carbons (Fsp3) is 0.364. The van der Waals surface area contributed by atoms with Gasteiger partial charge in [-0.3, -0.25) is 14.8 Å². The molecular weight excluding hydrogens is 354 g/mol. The Bertz CT molecular complexity index is 873. The van der Waals surface area contributed by atoms with Gasteiger partial charge in [-0.25, -0.2) is 5.48 Å². The Balaban J connectivity index is 1.58. The number of hydrogen-bond donors (Lipinski definition) is 2. The molecule has 2 aliphatic rings. The lowest BCUT2D eigenvalue weighted by atomic mass is 9.81. The van der Waals surface area contributed by atoms with Gasteiger partial charge < -0.3 is 9.80 Å². The van der Waals surface area contributed by atoms with E-state index in [0.29, 0.717) is 18.0 Å². The number of carbonyl (C=O) groups excluding carboxylic acids is 2. The first-order valence-corrected chi connectivity index (χ1v) is 9.70. The average Bonchev–Trinajstić information content (AvgIpc) is 3.00. The number of carbonyl (C=O) groups is 2. The molecule has 1 fully saturated rings. The van der Waals surface area contributed by atoms with E-state index in [2.05, 4.69) is 18.0 Å². The van der Waals surface area contributed by atoms with Crippen LogP contribution >= 0.6 is 0 Å². The first kappa shape index (κ1) is 18.7. The molecule has 6 nitrogen and oxygen atoms in total. The van der Waals surface area contributed by atoms with Crippen LogP contribution in [-0.2, 0) is 11.3 Å². The first-order valence-electron chi connectivity index (χ1n) is 9.70. The zero-order chi connectivity index (χ0) is 19.7. The number of hydroxylamine groups is 1. The number of anilines is 1. The van der Waals surface area contributed by atoms with Crippen LogP contribution in [0.1, 0.15) is 40.2 Å². The van der Waals surface area contributed by atoms with Gasteiger partial charge in [0.05, 0.1) is 12.5 Å². The predicted molar refractivity (Wildman–Crippen MR) is 106 cm³/mol. The molecule has 1 unspecified atom stereocenters. The van der Waals surface area contributed by atoms with E-state index in [0.717, 1.165) is 42.7 Å². The number of likely N-dealkylation sites (tertiary alicyclic amines) is 1. The summed E-state index contributed by atoms with van der Waals surface area (Å²) in [4.78, 5) is 29.1. The lowest BCUT2D eigenvalue weighted by Gasteiger charge is -2.32. The maximum Gasteiger partial charge on any atom is 0.274 e. The predicted octanol–water partition coefficient (Wildman–Crippen LogP) is 2.78. The van der Waals surface area contributed by atoms with E-state index in [9.17, 15) is 9.59 Å². The van der Waals surface area contributed by atoms with Crippen molar-refractivity contribution in [1.82, 2.24) is 10.4 Å². The van der Waals surface area contributed by atoms with Gasteiger partial charge in [0, 0.05) is 11.3 Å². The van der Waals surface area contributed by atoms with Gasteiger partial charge in [-0.1, -0.05) is 30.3 Å². The average molecular weight is 379 g/mol. The largest absolute Gasteiger partial charge is 0.307 e. The number of fused-ring (bicyclic) bond motifs is 1. The van der Waals surface area contributed by atoms with Crippen molar-refractivity contribution in [3.05, 3.63) is 65.2 Å². The minimum atomic E-state index is -0.545. The van der Waals surface area contributed by atoms with Crippen LogP contribution in [-0.4, -0.2) is 42.1 Å². The summed E-state index contributed by atoms with van der Waals surface area (Å²) in [5.74, 6) is -0.0563. The van der Waals surface area contributed by atoms with E-state index >= 15 is 0 Å². The summed E-state index contributed by atoms with van der Waals surface area (Å²) in [5, 5.41) is 8.75. The maximum atomic E-state index is 13.4. The number of hydrogen-bond acceptors (Lipinski definition) is 4. The molecule has 1 atom stereocenters. The maximum absolute atomic E-state index is 13.4. The topological polar surface area (TPSA) is 72.9 Å². The lowest BCUT2D eigenvalue weighted by molar-refractivity contribution is -0.120. The molecule has 6 heteroatoms. The Labute approximate surface area is 164 Å². The van der Waals surface area contributed by atoms with Gasteiger partial charge in [-0.15, -0.1) is 0 Å². The van der Waals surface area contributed by atoms with E-state index in [-0.39, 0.29) is 11.8 Å². The monoisotopic (exact) mass is 379 g/mol. The minimum Gasteiger partial charge on any atom is -0.307 e. The van der Waals surface area contributed by atoms with Crippen LogP contribution in [0.4, 0.5) is 5.69 Å². The highest BCUT2D eigenvalue weighted by molar-refractivity contribution is 6.05. The quantitative estimate of drug-likeness (QED) is 0.633. The molecule has 0 radical (unpaired) electrons. The Morgan fingerprint density at radius 1 is 1.11 bits per heavy atom. The zero-order valence-electron chi connectivity index (χ0n) is 16.0. The number of nitrogens with zero attached hydrogens (tertiary/aromatic N) is 2. The smallest absolute Gasteiger partial charge is 0.274 e. The standard InChI is InChI=1S/C22H25N3O3/c1-24-12-10-16(11-13-24)20-18-4-2-3-5-19(18)25(22(20)27)14-15-6-8-17(9-7-15)21(26)23-28/h2-9,16,20,28H,10-14H2,1H3,(H,23,26). The van der Waals surface area contributed by atoms with E-state index in [1.165, 1.54) is 0 Å². The molecule has 0 spiro atoms. The number of para-hydroxylation sites is 1. The fourth-order valence-electron chi connectivity index (χ4n) is 4.41. The van der Waals surface area contributed by atoms with Crippen LogP contribution < -0.4 is 10.4 Å². The fourth-order valence-corrected chi connectivity index (χ4v) is 4.41. The number of nitrogens with one attached hydrogen (secondary N) is 1. The van der Waals surface area contributed by atoms with E-state index in [1.54, 1.807) is 17.6 Å². The summed E-state index contributed by atoms with van der Waals surface area (Å²) in [6.07, 6.45) is 2.08. The molecule has 0 bridgehead atoms. The van der Waals surface area contributed by atoms with Gasteiger partial charge in [-0.2, -0.15) is 0 Å². The van der Waals surface area contributed by atoms with Gasteiger partial charge in [-0.05, 0) is 68.2 Å². The second kappa shape index (κ2) is 7.73. The molecule has 2 N–H and O–H groups in total. The highest BCUT2D eigenvalue weighted by Gasteiger charge is 2.42. The van der Waals surface area contributed by atoms with Crippen molar-refractivity contribution in [2.24, 2.45) is 5.92 Å². The summed E-state index contributed by atoms with van der Waals surface area (Å²) in [6.45, 7) is 2.54. The summed E-state index contributed by atoms with van der Waals surface area (Å²) in [7, 11) is 2.13. The molecule has 0 saturated carbocycles. The van der Waals surface area contributed by atoms with Crippen LogP contribution in [0, 0.1) is 5.92 Å². The molecule has 28 heavy (non-hydrogen) atoms. The molecule has 0 aliphatic carbocycles. The van der Waals surface area contributed by atoms with Crippen molar-refractivity contribution in [2.75, 3.05) is 25.0 Å². The van der Waals surface area contributed by atoms with Crippen molar-refractivity contribution in [3.8, 4) is 0 Å². The number of piperidine rings is 1. The molecule has 4 rings (SSSR count). The molecule has 1 saturated heterocycles. The second-order valence-corrected chi connectivity index (χ2v) is 7.74. The van der Waals surface area contributed by atoms with Crippen LogP contribution in [0.3, 0.4) is 0 Å². The first-order chi connectivity index (χ1) is 13.6. The molecule has 0 aromatic heterocycles. The Morgan fingerprint density at radius 2 is 1.79 bits per heavy atom. The molecular formula is C22H25N3O3. The van der Waals surface area contributed by atoms with Gasteiger partial charge in [0.1, 0.15) is 0 Å². The third-order valence-corrected chi connectivity index (χ3v) is 5.99. The Hall–Kier alpha value is -2.70. The highest BCUT2D eigenvalue weighted by Crippen LogP contribution is 2.44. The van der Waals surface area contributed by atoms with E-state index < -0.39 is 5.91 Å². The third kappa shape index (κ3) is 3.41. The zero-order valence-corrected chi connectivity index (χ0v) is 16.0. The molecule has 2 aliphatic heterocycles. The van der Waals surface area contributed by atoms with Crippen molar-refractivity contribution in [1.29, 1.82) is 0 Å². The van der Waals surface area contributed by atoms with Crippen molar-refractivity contribution in [2.45, 2.75) is 25.3 Å². The number of rotatable bonds is 4. The highest BCUT2D eigenvalue weighted by atomic mass is 16.5. The summed E-state index contributed by atoms with van der Waals surface area (Å²) in [6, 6.07) is 15.1. The van der Waals surface area contributed by atoms with Crippen LogP contribution in [0.25, 0.3) is 0 Å². The van der Waals surface area contributed by atoms with Gasteiger partial charge in [0.2, 0.25) is 5.91 Å². The van der Waals surface area contributed by atoms with Crippen LogP contribution in [0.2, 0.25) is 0 Å². The molecule has 2 aromatic rings. The Morgan fingerprint density at radius 3 is 2.46 bits per heavy atom. The number of amides is 2. The van der Waals surface area contributed by atoms with Gasteiger partial charge >= 0.3 is 0 Å². The van der Waals surface area contributed by atoms with Gasteiger partial charge in [0.15, 0.2) is 0 Å². The van der Waals surface area contributed by atoms with Crippen molar-refractivity contribution >= 4 is 17.5 Å². The Kier molecular flexibility index (Phi) is 5.15. The molecule has 146 valence electrons. The van der Waals surface area contributed by atoms with E-state index in [4.69, 9.17) is 5.21 Å². The number of benzene rings is 2. The van der Waals surface area contributed by atoms with Gasteiger partial charge in [0.25, 0.3) is 5.91 Å². The van der Waals surface area contributed by atoms with E-state index in [1.807, 2.05) is 35.2 Å². The van der Waals surface area contributed by atoms with Crippen molar-refractivity contribution < 1.29 is 14.8 Å².